The molecule has 110 valence electrons. The smallest absolute Gasteiger partial charge is 0.232 e. The molecule has 2 aliphatic rings. The molecule has 0 bridgehead atoms. The fourth-order valence-corrected chi connectivity index (χ4v) is 3.98. The van der Waals surface area contributed by atoms with Crippen molar-refractivity contribution >= 4 is 17.7 Å². The lowest BCUT2D eigenvalue weighted by Crippen LogP contribution is -2.48. The summed E-state index contributed by atoms with van der Waals surface area (Å²) in [6, 6.07) is 0.543. The Morgan fingerprint density at radius 2 is 2.05 bits per heavy atom. The number of nitrogens with one attached hydrogen (secondary N) is 1. The van der Waals surface area contributed by atoms with Gasteiger partial charge >= 0.3 is 0 Å². The molecule has 19 heavy (non-hydrogen) atoms. The molecule has 0 radical (unpaired) electrons. The number of likely N-dealkylation sites (N-methyl/N-ethyl adjacent to an activating group) is 1. The molecule has 2 saturated heterocycles. The first kappa shape index (κ1) is 15.1. The van der Waals surface area contributed by atoms with Crippen LogP contribution in [0.3, 0.4) is 0 Å². The van der Waals surface area contributed by atoms with Crippen molar-refractivity contribution in [1.82, 2.24) is 15.1 Å². The molecule has 0 spiro atoms. The van der Waals surface area contributed by atoms with E-state index in [4.69, 9.17) is 0 Å². The predicted molar refractivity (Wildman–Crippen MR) is 81.6 cm³/mol. The number of thioether (sulfide) groups is 1. The maximum Gasteiger partial charge on any atom is 0.232 e. The van der Waals surface area contributed by atoms with Crippen molar-refractivity contribution in [1.29, 1.82) is 0 Å². The average Bonchev–Trinajstić information content (AvgIpc) is 2.46. The first-order chi connectivity index (χ1) is 9.16. The van der Waals surface area contributed by atoms with Crippen molar-refractivity contribution in [2.45, 2.75) is 37.0 Å². The topological polar surface area (TPSA) is 35.6 Å². The first-order valence-electron chi connectivity index (χ1n) is 7.43. The zero-order valence-corrected chi connectivity index (χ0v) is 13.0. The van der Waals surface area contributed by atoms with Crippen LogP contribution in [0.25, 0.3) is 0 Å². The summed E-state index contributed by atoms with van der Waals surface area (Å²) in [5, 5.41) is 4.05. The van der Waals surface area contributed by atoms with Gasteiger partial charge in [-0.25, -0.2) is 0 Å². The van der Waals surface area contributed by atoms with Gasteiger partial charge in [-0.1, -0.05) is 0 Å². The SMILES string of the molecule is CN(C)C1CCCN(C(=O)CSC2CCNCC2)C1. The Labute approximate surface area is 121 Å². The first-order valence-corrected chi connectivity index (χ1v) is 8.48. The maximum atomic E-state index is 12.3. The van der Waals surface area contributed by atoms with Gasteiger partial charge in [0, 0.05) is 24.4 Å². The van der Waals surface area contributed by atoms with E-state index in [1.165, 1.54) is 19.3 Å². The molecule has 2 aliphatic heterocycles. The largest absolute Gasteiger partial charge is 0.340 e. The molecule has 0 saturated carbocycles. The molecule has 0 aliphatic carbocycles. The van der Waals surface area contributed by atoms with Crippen LogP contribution in [0.4, 0.5) is 0 Å². The van der Waals surface area contributed by atoms with Crippen molar-refractivity contribution in [3.8, 4) is 0 Å². The van der Waals surface area contributed by atoms with Gasteiger partial charge in [0.15, 0.2) is 0 Å². The highest BCUT2D eigenvalue weighted by molar-refractivity contribution is 8.00. The summed E-state index contributed by atoms with van der Waals surface area (Å²) in [5.41, 5.74) is 0. The van der Waals surface area contributed by atoms with Crippen LogP contribution in [0.15, 0.2) is 0 Å². The van der Waals surface area contributed by atoms with E-state index >= 15 is 0 Å². The molecule has 1 amide bonds. The Hall–Kier alpha value is -0.260. The molecule has 0 aromatic carbocycles. The van der Waals surface area contributed by atoms with Crippen LogP contribution < -0.4 is 5.32 Å². The molecular formula is C14H27N3OS. The fraction of sp³-hybridized carbons (Fsp3) is 0.929. The van der Waals surface area contributed by atoms with E-state index < -0.39 is 0 Å². The van der Waals surface area contributed by atoms with Gasteiger partial charge in [-0.2, -0.15) is 0 Å². The van der Waals surface area contributed by atoms with Crippen molar-refractivity contribution in [2.24, 2.45) is 0 Å². The standard InChI is InChI=1S/C14H27N3OS/c1-16(2)12-4-3-9-17(10-12)14(18)11-19-13-5-7-15-8-6-13/h12-13,15H,3-11H2,1-2H3. The van der Waals surface area contributed by atoms with E-state index in [1.807, 2.05) is 11.8 Å². The zero-order chi connectivity index (χ0) is 13.7. The Bertz CT molecular complexity index is 292. The minimum Gasteiger partial charge on any atom is -0.340 e. The van der Waals surface area contributed by atoms with Crippen LogP contribution in [0.2, 0.25) is 0 Å². The lowest BCUT2D eigenvalue weighted by atomic mass is 10.1. The van der Waals surface area contributed by atoms with Crippen molar-refractivity contribution in [3.63, 3.8) is 0 Å². The van der Waals surface area contributed by atoms with Gasteiger partial charge < -0.3 is 15.1 Å². The van der Waals surface area contributed by atoms with Crippen LogP contribution in [0, 0.1) is 0 Å². The Balaban J connectivity index is 1.72. The second kappa shape index (κ2) is 7.50. The number of piperidine rings is 2. The summed E-state index contributed by atoms with van der Waals surface area (Å²) in [4.78, 5) is 16.6. The zero-order valence-electron chi connectivity index (χ0n) is 12.2. The van der Waals surface area contributed by atoms with Crippen molar-refractivity contribution in [3.05, 3.63) is 0 Å². The van der Waals surface area contributed by atoms with Crippen molar-refractivity contribution < 1.29 is 4.79 Å². The quantitative estimate of drug-likeness (QED) is 0.837. The number of hydrogen-bond donors (Lipinski definition) is 1. The Kier molecular flexibility index (Phi) is 5.98. The summed E-state index contributed by atoms with van der Waals surface area (Å²) in [6.07, 6.45) is 4.78. The minimum atomic E-state index is 0.343. The van der Waals surface area contributed by atoms with Gasteiger partial charge in [0.05, 0.1) is 5.75 Å². The van der Waals surface area contributed by atoms with Gasteiger partial charge in [-0.15, -0.1) is 11.8 Å². The lowest BCUT2D eigenvalue weighted by Gasteiger charge is -2.36. The van der Waals surface area contributed by atoms with Crippen LogP contribution in [-0.2, 0) is 4.79 Å². The van der Waals surface area contributed by atoms with E-state index in [1.54, 1.807) is 0 Å². The summed E-state index contributed by atoms with van der Waals surface area (Å²) < 4.78 is 0. The molecule has 5 heteroatoms. The average molecular weight is 285 g/mol. The number of carbonyl (C=O) groups excluding carboxylic acids is 1. The highest BCUT2D eigenvalue weighted by atomic mass is 32.2. The lowest BCUT2D eigenvalue weighted by molar-refractivity contribution is -0.130. The molecule has 0 aromatic heterocycles. The number of likely N-dealkylation sites (tertiary alicyclic amines) is 1. The number of amides is 1. The van der Waals surface area contributed by atoms with Crippen LogP contribution in [0.5, 0.6) is 0 Å². The molecule has 1 unspecified atom stereocenters. The van der Waals surface area contributed by atoms with E-state index in [-0.39, 0.29) is 0 Å². The third-order valence-corrected chi connectivity index (χ3v) is 5.56. The summed E-state index contributed by atoms with van der Waals surface area (Å²) >= 11 is 1.86. The summed E-state index contributed by atoms with van der Waals surface area (Å²) in [7, 11) is 4.23. The monoisotopic (exact) mass is 285 g/mol. The van der Waals surface area contributed by atoms with E-state index in [0.717, 1.165) is 32.6 Å². The number of carbonyl (C=O) groups is 1. The Morgan fingerprint density at radius 1 is 1.32 bits per heavy atom. The highest BCUT2D eigenvalue weighted by Gasteiger charge is 2.25. The summed E-state index contributed by atoms with van der Waals surface area (Å²) in [5.74, 6) is 1.01. The van der Waals surface area contributed by atoms with Gasteiger partial charge in [-0.05, 0) is 52.9 Å². The number of nitrogens with zero attached hydrogens (tertiary/aromatic N) is 2. The van der Waals surface area contributed by atoms with Gasteiger partial charge in [0.1, 0.15) is 0 Å². The van der Waals surface area contributed by atoms with E-state index in [9.17, 15) is 4.79 Å². The summed E-state index contributed by atoms with van der Waals surface area (Å²) in [6.45, 7) is 4.09. The molecule has 2 rings (SSSR count). The third kappa shape index (κ3) is 4.65. The van der Waals surface area contributed by atoms with E-state index in [0.29, 0.717) is 23.0 Å². The normalized spacial score (nSPS) is 25.8. The predicted octanol–water partition coefficient (Wildman–Crippen LogP) is 1.02. The second-order valence-corrected chi connectivity index (χ2v) is 7.15. The van der Waals surface area contributed by atoms with Gasteiger partial charge in [0.2, 0.25) is 5.91 Å². The Morgan fingerprint density at radius 3 is 2.74 bits per heavy atom. The highest BCUT2D eigenvalue weighted by Crippen LogP contribution is 2.21. The minimum absolute atomic E-state index is 0.343. The van der Waals surface area contributed by atoms with Crippen molar-refractivity contribution in [2.75, 3.05) is 46.0 Å². The molecule has 0 aromatic rings. The molecule has 1 atom stereocenters. The van der Waals surface area contributed by atoms with Gasteiger partial charge in [0.25, 0.3) is 0 Å². The fourth-order valence-electron chi connectivity index (χ4n) is 2.85. The van der Waals surface area contributed by atoms with Crippen LogP contribution in [0.1, 0.15) is 25.7 Å². The van der Waals surface area contributed by atoms with Crippen LogP contribution in [-0.4, -0.2) is 73.0 Å². The molecule has 4 nitrogen and oxygen atoms in total. The molecule has 2 heterocycles. The number of hydrogen-bond acceptors (Lipinski definition) is 4. The van der Waals surface area contributed by atoms with E-state index in [2.05, 4.69) is 29.2 Å². The van der Waals surface area contributed by atoms with Crippen LogP contribution >= 0.6 is 11.8 Å². The maximum absolute atomic E-state index is 12.3. The third-order valence-electron chi connectivity index (χ3n) is 4.21. The van der Waals surface area contributed by atoms with Gasteiger partial charge in [-0.3, -0.25) is 4.79 Å². The molecular weight excluding hydrogens is 258 g/mol. The molecule has 2 fully saturated rings. The second-order valence-electron chi connectivity index (χ2n) is 5.86. The number of rotatable bonds is 4. The molecule has 1 N–H and O–H groups in total.